The van der Waals surface area contributed by atoms with Gasteiger partial charge in [-0.3, -0.25) is 9.79 Å². The van der Waals surface area contributed by atoms with Gasteiger partial charge in [0.1, 0.15) is 0 Å². The number of aliphatic imine (C=N–C) groups is 1. The summed E-state index contributed by atoms with van der Waals surface area (Å²) in [4.78, 5) is 21.6. The number of ether oxygens (including phenoxy) is 2. The maximum Gasteiger partial charge on any atom is 0.309 e. The van der Waals surface area contributed by atoms with Crippen LogP contribution in [-0.2, 0) is 14.3 Å². The van der Waals surface area contributed by atoms with Crippen molar-refractivity contribution in [2.24, 2.45) is 16.8 Å². The van der Waals surface area contributed by atoms with Gasteiger partial charge in [0, 0.05) is 39.8 Å². The smallest absolute Gasteiger partial charge is 0.309 e. The molecule has 0 atom stereocenters. The minimum absolute atomic E-state index is 0.0421. The van der Waals surface area contributed by atoms with Crippen LogP contribution < -0.4 is 5.32 Å². The van der Waals surface area contributed by atoms with Gasteiger partial charge in [0.2, 0.25) is 0 Å². The molecule has 0 spiro atoms. The number of nitrogens with zero attached hydrogens (tertiary/aromatic N) is 3. The number of guanidine groups is 1. The van der Waals surface area contributed by atoms with E-state index in [1.165, 1.54) is 12.8 Å². The van der Waals surface area contributed by atoms with Gasteiger partial charge in [-0.1, -0.05) is 0 Å². The fourth-order valence-electron chi connectivity index (χ4n) is 3.84. The van der Waals surface area contributed by atoms with Crippen LogP contribution in [-0.4, -0.2) is 87.9 Å². The topological polar surface area (TPSA) is 66.4 Å². The van der Waals surface area contributed by atoms with E-state index in [0.29, 0.717) is 12.5 Å². The maximum atomic E-state index is 11.9. The van der Waals surface area contributed by atoms with Crippen molar-refractivity contribution in [1.29, 1.82) is 0 Å². The average Bonchev–Trinajstić information content (AvgIpc) is 2.70. The lowest BCUT2D eigenvalue weighted by atomic mass is 9.96. The molecule has 2 heterocycles. The molecule has 0 saturated carbocycles. The molecule has 7 nitrogen and oxygen atoms in total. The van der Waals surface area contributed by atoms with Crippen LogP contribution in [0.1, 0.15) is 39.5 Å². The molecule has 156 valence electrons. The van der Waals surface area contributed by atoms with Gasteiger partial charge in [0.05, 0.1) is 19.1 Å². The number of methoxy groups -OCH3 is 1. The van der Waals surface area contributed by atoms with E-state index in [0.717, 1.165) is 71.2 Å². The van der Waals surface area contributed by atoms with Crippen LogP contribution in [0.15, 0.2) is 4.99 Å². The van der Waals surface area contributed by atoms with Crippen LogP contribution in [0, 0.1) is 11.8 Å². The number of hydrogen-bond acceptors (Lipinski definition) is 5. The summed E-state index contributed by atoms with van der Waals surface area (Å²) in [6, 6.07) is 0. The lowest BCUT2D eigenvalue weighted by molar-refractivity contribution is -0.149. The third-order valence-corrected chi connectivity index (χ3v) is 5.57. The Hall–Kier alpha value is -1.34. The summed E-state index contributed by atoms with van der Waals surface area (Å²) in [7, 11) is 1.76. The Bertz CT molecular complexity index is 456. The van der Waals surface area contributed by atoms with Gasteiger partial charge >= 0.3 is 5.97 Å². The Morgan fingerprint density at radius 2 is 1.81 bits per heavy atom. The van der Waals surface area contributed by atoms with Crippen LogP contribution in [0.25, 0.3) is 0 Å². The van der Waals surface area contributed by atoms with E-state index in [-0.39, 0.29) is 11.9 Å². The lowest BCUT2D eigenvalue weighted by Gasteiger charge is -2.34. The van der Waals surface area contributed by atoms with Crippen LogP contribution in [0.2, 0.25) is 0 Å². The number of piperidine rings is 2. The molecular formula is C20H38N4O3. The largest absolute Gasteiger partial charge is 0.466 e. The second-order valence-electron chi connectivity index (χ2n) is 7.49. The molecule has 0 bridgehead atoms. The first-order chi connectivity index (χ1) is 13.2. The number of rotatable bonds is 8. The SMILES string of the molecule is CCNC(=NCC1CCN(CCOC)CC1)N1CCC(C(=O)OCC)CC1. The predicted octanol–water partition coefficient (Wildman–Crippen LogP) is 1.59. The maximum absolute atomic E-state index is 11.9. The quantitative estimate of drug-likeness (QED) is 0.391. The molecule has 27 heavy (non-hydrogen) atoms. The van der Waals surface area contributed by atoms with E-state index in [1.54, 1.807) is 7.11 Å². The van der Waals surface area contributed by atoms with Crippen molar-refractivity contribution in [2.45, 2.75) is 39.5 Å². The number of carbonyl (C=O) groups excluding carboxylic acids is 1. The van der Waals surface area contributed by atoms with Crippen molar-refractivity contribution in [3.8, 4) is 0 Å². The van der Waals surface area contributed by atoms with Gasteiger partial charge in [-0.05, 0) is 58.5 Å². The van der Waals surface area contributed by atoms with Crippen LogP contribution in [0.4, 0.5) is 0 Å². The zero-order valence-corrected chi connectivity index (χ0v) is 17.4. The van der Waals surface area contributed by atoms with Gasteiger partial charge in [-0.25, -0.2) is 0 Å². The molecule has 0 aromatic rings. The van der Waals surface area contributed by atoms with Crippen LogP contribution >= 0.6 is 0 Å². The zero-order valence-electron chi connectivity index (χ0n) is 17.4. The molecule has 2 aliphatic heterocycles. The van der Waals surface area contributed by atoms with Crippen molar-refractivity contribution in [1.82, 2.24) is 15.1 Å². The first-order valence-electron chi connectivity index (χ1n) is 10.6. The molecule has 0 unspecified atom stereocenters. The van der Waals surface area contributed by atoms with E-state index < -0.39 is 0 Å². The molecule has 2 fully saturated rings. The molecule has 2 saturated heterocycles. The van der Waals surface area contributed by atoms with Gasteiger partial charge in [0.25, 0.3) is 0 Å². The summed E-state index contributed by atoms with van der Waals surface area (Å²) in [5.41, 5.74) is 0. The Balaban J connectivity index is 1.79. The summed E-state index contributed by atoms with van der Waals surface area (Å²) in [5.74, 6) is 1.66. The molecule has 0 radical (unpaired) electrons. The standard InChI is InChI=1S/C20H38N4O3/c1-4-21-20(24-12-8-18(9-13-24)19(25)27-5-2)22-16-17-6-10-23(11-7-17)14-15-26-3/h17-18H,4-16H2,1-3H3,(H,21,22). The number of carbonyl (C=O) groups is 1. The van der Waals surface area contributed by atoms with Gasteiger partial charge < -0.3 is 24.6 Å². The van der Waals surface area contributed by atoms with E-state index in [9.17, 15) is 4.79 Å². The van der Waals surface area contributed by atoms with Crippen molar-refractivity contribution in [2.75, 3.05) is 66.1 Å². The van der Waals surface area contributed by atoms with Crippen LogP contribution in [0.3, 0.4) is 0 Å². The third-order valence-electron chi connectivity index (χ3n) is 5.57. The predicted molar refractivity (Wildman–Crippen MR) is 108 cm³/mol. The molecule has 0 amide bonds. The number of nitrogens with one attached hydrogen (secondary N) is 1. The van der Waals surface area contributed by atoms with E-state index in [1.807, 2.05) is 6.92 Å². The van der Waals surface area contributed by atoms with Crippen molar-refractivity contribution < 1.29 is 14.3 Å². The first kappa shape index (κ1) is 22.0. The summed E-state index contributed by atoms with van der Waals surface area (Å²) in [5, 5.41) is 3.43. The summed E-state index contributed by atoms with van der Waals surface area (Å²) in [6.45, 7) is 12.1. The van der Waals surface area contributed by atoms with Crippen molar-refractivity contribution >= 4 is 11.9 Å². The molecule has 7 heteroatoms. The molecule has 0 aliphatic carbocycles. The van der Waals surface area contributed by atoms with E-state index >= 15 is 0 Å². The number of esters is 1. The third kappa shape index (κ3) is 7.30. The molecular weight excluding hydrogens is 344 g/mol. The van der Waals surface area contributed by atoms with Crippen molar-refractivity contribution in [3.63, 3.8) is 0 Å². The Kier molecular flexibility index (Phi) is 9.91. The lowest BCUT2D eigenvalue weighted by Crippen LogP contribution is -2.47. The number of hydrogen-bond donors (Lipinski definition) is 1. The monoisotopic (exact) mass is 382 g/mol. The minimum Gasteiger partial charge on any atom is -0.466 e. The molecule has 2 rings (SSSR count). The molecule has 2 aliphatic rings. The van der Waals surface area contributed by atoms with E-state index in [4.69, 9.17) is 14.5 Å². The Morgan fingerprint density at radius 1 is 1.11 bits per heavy atom. The van der Waals surface area contributed by atoms with E-state index in [2.05, 4.69) is 22.0 Å². The highest BCUT2D eigenvalue weighted by molar-refractivity contribution is 5.80. The minimum atomic E-state index is -0.0423. The second kappa shape index (κ2) is 12.2. The van der Waals surface area contributed by atoms with Gasteiger partial charge in [-0.15, -0.1) is 0 Å². The Labute approximate surface area is 164 Å². The van der Waals surface area contributed by atoms with Gasteiger partial charge in [-0.2, -0.15) is 0 Å². The normalized spacial score (nSPS) is 20.7. The highest BCUT2D eigenvalue weighted by atomic mass is 16.5. The zero-order chi connectivity index (χ0) is 19.5. The number of likely N-dealkylation sites (tertiary alicyclic amines) is 2. The van der Waals surface area contributed by atoms with Gasteiger partial charge in [0.15, 0.2) is 5.96 Å². The van der Waals surface area contributed by atoms with Crippen molar-refractivity contribution in [3.05, 3.63) is 0 Å². The highest BCUT2D eigenvalue weighted by Gasteiger charge is 2.27. The molecule has 1 N–H and O–H groups in total. The summed E-state index contributed by atoms with van der Waals surface area (Å²) >= 11 is 0. The first-order valence-corrected chi connectivity index (χ1v) is 10.6. The second-order valence-corrected chi connectivity index (χ2v) is 7.49. The highest BCUT2D eigenvalue weighted by Crippen LogP contribution is 2.20. The van der Waals surface area contributed by atoms with Crippen LogP contribution in [0.5, 0.6) is 0 Å². The Morgan fingerprint density at radius 3 is 2.41 bits per heavy atom. The fourth-order valence-corrected chi connectivity index (χ4v) is 3.84. The molecule has 0 aromatic heterocycles. The molecule has 0 aromatic carbocycles. The summed E-state index contributed by atoms with van der Waals surface area (Å²) < 4.78 is 10.3. The fraction of sp³-hybridized carbons (Fsp3) is 0.900. The average molecular weight is 383 g/mol. The summed E-state index contributed by atoms with van der Waals surface area (Å²) in [6.07, 6.45) is 4.11.